The van der Waals surface area contributed by atoms with Crippen molar-refractivity contribution in [2.75, 3.05) is 25.3 Å². The Hall–Kier alpha value is -4.00. The number of esters is 1. The molecule has 13 heteroatoms. The monoisotopic (exact) mass is 498 g/mol. The minimum absolute atomic E-state index is 0.190. The number of methoxy groups -OCH3 is 1. The first-order valence-corrected chi connectivity index (χ1v) is 11.8. The largest absolute Gasteiger partial charge is 0.497 e. The predicted octanol–water partition coefficient (Wildman–Crippen LogP) is 1.77. The topological polar surface area (TPSA) is 151 Å². The predicted molar refractivity (Wildman–Crippen MR) is 129 cm³/mol. The average Bonchev–Trinajstić information content (AvgIpc) is 3.37. The minimum atomic E-state index is -0.703. The van der Waals surface area contributed by atoms with Gasteiger partial charge in [0, 0.05) is 17.1 Å². The van der Waals surface area contributed by atoms with Crippen molar-refractivity contribution in [1.82, 2.24) is 35.3 Å². The van der Waals surface area contributed by atoms with E-state index in [2.05, 4.69) is 25.9 Å². The molecule has 0 saturated heterocycles. The van der Waals surface area contributed by atoms with E-state index in [0.717, 1.165) is 11.4 Å². The number of ether oxygens (including phenoxy) is 2. The quantitative estimate of drug-likeness (QED) is 0.240. The van der Waals surface area contributed by atoms with Crippen molar-refractivity contribution >= 4 is 23.8 Å². The van der Waals surface area contributed by atoms with Crippen LogP contribution in [-0.4, -0.2) is 56.1 Å². The van der Waals surface area contributed by atoms with Gasteiger partial charge in [0.2, 0.25) is 5.16 Å². The van der Waals surface area contributed by atoms with E-state index in [0.29, 0.717) is 33.7 Å². The third-order valence-corrected chi connectivity index (χ3v) is 6.26. The second-order valence-corrected chi connectivity index (χ2v) is 8.64. The van der Waals surface area contributed by atoms with E-state index in [4.69, 9.17) is 15.3 Å². The van der Waals surface area contributed by atoms with Crippen molar-refractivity contribution in [3.05, 3.63) is 58.6 Å². The number of benzene rings is 1. The standard InChI is InChI=1S/C22H26N8O4S/c1-5-34-19(31)17-16(24-20(32)25-18(17)14-6-8-15(33-4)9-7-14)11-35-22-27-26-21(29(22)23)30-13(3)10-12(2)28-30/h6-10,18H,5,11,23H2,1-4H3,(H2,24,25,32). The van der Waals surface area contributed by atoms with Crippen molar-refractivity contribution in [2.24, 2.45) is 0 Å². The number of thioether (sulfide) groups is 1. The zero-order valence-electron chi connectivity index (χ0n) is 19.7. The summed E-state index contributed by atoms with van der Waals surface area (Å²) in [6.45, 7) is 5.68. The molecule has 2 amide bonds. The zero-order valence-corrected chi connectivity index (χ0v) is 20.5. The lowest BCUT2D eigenvalue weighted by atomic mass is 9.95. The van der Waals surface area contributed by atoms with E-state index in [1.54, 1.807) is 43.0 Å². The molecule has 184 valence electrons. The summed E-state index contributed by atoms with van der Waals surface area (Å²) in [7, 11) is 1.57. The maximum absolute atomic E-state index is 13.0. The Morgan fingerprint density at radius 1 is 1.23 bits per heavy atom. The van der Waals surface area contributed by atoms with Crippen LogP contribution in [0.2, 0.25) is 0 Å². The molecule has 1 aliphatic heterocycles. The first kappa shape index (κ1) is 24.1. The molecular weight excluding hydrogens is 472 g/mol. The molecule has 2 aromatic heterocycles. The van der Waals surface area contributed by atoms with Gasteiger partial charge < -0.3 is 25.9 Å². The lowest BCUT2D eigenvalue weighted by molar-refractivity contribution is -0.139. The number of carbonyl (C=O) groups excluding carboxylic acids is 2. The molecule has 0 spiro atoms. The van der Waals surface area contributed by atoms with E-state index in [9.17, 15) is 9.59 Å². The number of nitrogens with zero attached hydrogens (tertiary/aromatic N) is 5. The number of hydrogen-bond donors (Lipinski definition) is 3. The molecule has 1 aliphatic rings. The third kappa shape index (κ3) is 4.94. The normalized spacial score (nSPS) is 15.5. The summed E-state index contributed by atoms with van der Waals surface area (Å²) in [6, 6.07) is 7.86. The first-order chi connectivity index (χ1) is 16.8. The summed E-state index contributed by atoms with van der Waals surface area (Å²) in [6.07, 6.45) is 0. The van der Waals surface area contributed by atoms with Crippen LogP contribution in [0.3, 0.4) is 0 Å². The highest BCUT2D eigenvalue weighted by molar-refractivity contribution is 7.99. The molecule has 4 rings (SSSR count). The number of aryl methyl sites for hydroxylation is 2. The van der Waals surface area contributed by atoms with E-state index in [1.165, 1.54) is 16.4 Å². The number of rotatable bonds is 8. The molecule has 0 aliphatic carbocycles. The fourth-order valence-corrected chi connectivity index (χ4v) is 4.53. The van der Waals surface area contributed by atoms with Gasteiger partial charge in [0.1, 0.15) is 5.75 Å². The summed E-state index contributed by atoms with van der Waals surface area (Å²) < 4.78 is 13.4. The first-order valence-electron chi connectivity index (χ1n) is 10.8. The number of nitrogens with two attached hydrogens (primary N) is 1. The fraction of sp³-hybridized carbons (Fsp3) is 0.318. The summed E-state index contributed by atoms with van der Waals surface area (Å²) >= 11 is 1.22. The number of amides is 2. The molecular formula is C22H26N8O4S. The van der Waals surface area contributed by atoms with Crippen LogP contribution in [0.25, 0.3) is 5.95 Å². The van der Waals surface area contributed by atoms with Gasteiger partial charge in [-0.2, -0.15) is 5.10 Å². The van der Waals surface area contributed by atoms with E-state index in [1.807, 2.05) is 19.9 Å². The molecule has 1 aromatic carbocycles. The van der Waals surface area contributed by atoms with E-state index < -0.39 is 18.0 Å². The zero-order chi connectivity index (χ0) is 25.1. The number of urea groups is 1. The summed E-state index contributed by atoms with van der Waals surface area (Å²) in [5.41, 5.74) is 3.09. The second kappa shape index (κ2) is 10.1. The Labute approximate surface area is 205 Å². The molecule has 0 saturated carbocycles. The number of nitrogen functional groups attached to an aromatic ring is 1. The summed E-state index contributed by atoms with van der Waals surface area (Å²) in [5.74, 6) is 6.91. The lowest BCUT2D eigenvalue weighted by Crippen LogP contribution is -2.46. The van der Waals surface area contributed by atoms with Gasteiger partial charge in [-0.3, -0.25) is 0 Å². The Morgan fingerprint density at radius 3 is 2.60 bits per heavy atom. The van der Waals surface area contributed by atoms with Crippen LogP contribution < -0.4 is 21.2 Å². The van der Waals surface area contributed by atoms with Crippen molar-refractivity contribution in [2.45, 2.75) is 32.0 Å². The molecule has 0 radical (unpaired) electrons. The summed E-state index contributed by atoms with van der Waals surface area (Å²) in [5, 5.41) is 18.6. The molecule has 1 atom stereocenters. The van der Waals surface area contributed by atoms with Crippen molar-refractivity contribution in [3.63, 3.8) is 0 Å². The van der Waals surface area contributed by atoms with Gasteiger partial charge in [0.25, 0.3) is 5.95 Å². The number of nitrogens with one attached hydrogen (secondary N) is 2. The molecule has 3 aromatic rings. The second-order valence-electron chi connectivity index (χ2n) is 7.70. The Bertz CT molecular complexity index is 1280. The van der Waals surface area contributed by atoms with Gasteiger partial charge in [0.05, 0.1) is 31.0 Å². The lowest BCUT2D eigenvalue weighted by Gasteiger charge is -2.29. The molecule has 1 unspecified atom stereocenters. The Morgan fingerprint density at radius 2 is 1.97 bits per heavy atom. The van der Waals surface area contributed by atoms with Gasteiger partial charge in [0.15, 0.2) is 0 Å². The highest BCUT2D eigenvalue weighted by Crippen LogP contribution is 2.31. The van der Waals surface area contributed by atoms with Crippen molar-refractivity contribution < 1.29 is 19.1 Å². The van der Waals surface area contributed by atoms with Crippen LogP contribution >= 0.6 is 11.8 Å². The minimum Gasteiger partial charge on any atom is -0.497 e. The van der Waals surface area contributed by atoms with Gasteiger partial charge in [-0.1, -0.05) is 23.9 Å². The van der Waals surface area contributed by atoms with Crippen molar-refractivity contribution in [3.8, 4) is 11.7 Å². The number of carbonyl (C=O) groups is 2. The number of hydrogen-bond acceptors (Lipinski definition) is 9. The fourth-order valence-electron chi connectivity index (χ4n) is 3.71. The van der Waals surface area contributed by atoms with Crippen LogP contribution in [0.1, 0.15) is 29.9 Å². The van der Waals surface area contributed by atoms with Gasteiger partial charge in [-0.05, 0) is 44.5 Å². The highest BCUT2D eigenvalue weighted by Gasteiger charge is 2.34. The van der Waals surface area contributed by atoms with Crippen LogP contribution in [0.5, 0.6) is 5.75 Å². The smallest absolute Gasteiger partial charge is 0.338 e. The molecule has 3 heterocycles. The third-order valence-electron chi connectivity index (χ3n) is 5.29. The van der Waals surface area contributed by atoms with Crippen LogP contribution in [0.4, 0.5) is 4.79 Å². The van der Waals surface area contributed by atoms with Crippen LogP contribution in [0, 0.1) is 13.8 Å². The van der Waals surface area contributed by atoms with Crippen LogP contribution in [-0.2, 0) is 9.53 Å². The highest BCUT2D eigenvalue weighted by atomic mass is 32.2. The van der Waals surface area contributed by atoms with E-state index >= 15 is 0 Å². The SMILES string of the molecule is CCOC(=O)C1=C(CSc2nnc(-n3nc(C)cc3C)n2N)NC(=O)NC1c1ccc(OC)cc1. The number of aromatic nitrogens is 5. The van der Waals surface area contributed by atoms with Gasteiger partial charge in [-0.25, -0.2) is 18.9 Å². The molecule has 0 fully saturated rings. The molecule has 0 bridgehead atoms. The molecule has 4 N–H and O–H groups in total. The Balaban J connectivity index is 1.65. The molecule has 35 heavy (non-hydrogen) atoms. The Kier molecular flexibility index (Phi) is 6.96. The summed E-state index contributed by atoms with van der Waals surface area (Å²) in [4.78, 5) is 25.5. The van der Waals surface area contributed by atoms with Crippen LogP contribution in [0.15, 0.2) is 46.8 Å². The van der Waals surface area contributed by atoms with Gasteiger partial charge >= 0.3 is 12.0 Å². The maximum atomic E-state index is 13.0. The van der Waals surface area contributed by atoms with E-state index in [-0.39, 0.29) is 12.4 Å². The average molecular weight is 499 g/mol. The van der Waals surface area contributed by atoms with Gasteiger partial charge in [-0.15, -0.1) is 10.2 Å². The maximum Gasteiger partial charge on any atom is 0.338 e. The molecule has 12 nitrogen and oxygen atoms in total. The van der Waals surface area contributed by atoms with Crippen molar-refractivity contribution in [1.29, 1.82) is 0 Å².